The Labute approximate surface area is 214 Å². The third-order valence-corrected chi connectivity index (χ3v) is 6.54. The summed E-state index contributed by atoms with van der Waals surface area (Å²) in [6.07, 6.45) is 0. The molecule has 0 unspecified atom stereocenters. The molecule has 0 bridgehead atoms. The van der Waals surface area contributed by atoms with Crippen molar-refractivity contribution >= 4 is 23.8 Å². The second-order valence-electron chi connectivity index (χ2n) is 8.59. The van der Waals surface area contributed by atoms with Crippen LogP contribution in [0.25, 0.3) is 0 Å². The molecule has 0 saturated carbocycles. The van der Waals surface area contributed by atoms with Crippen molar-refractivity contribution < 1.29 is 33.4 Å². The number of ether oxygens (including phenoxy) is 3. The van der Waals surface area contributed by atoms with Crippen LogP contribution in [0.2, 0.25) is 0 Å². The molecule has 0 spiro atoms. The molecule has 1 amide bonds. The molecule has 190 valence electrons. The molecule has 3 aromatic rings. The van der Waals surface area contributed by atoms with Crippen LogP contribution in [0, 0.1) is 5.92 Å². The number of hydrogen-bond acceptors (Lipinski definition) is 7. The van der Waals surface area contributed by atoms with Crippen LogP contribution in [0.3, 0.4) is 0 Å². The van der Waals surface area contributed by atoms with Gasteiger partial charge < -0.3 is 19.1 Å². The predicted octanol–water partition coefficient (Wildman–Crippen LogP) is 3.41. The lowest BCUT2D eigenvalue weighted by molar-refractivity contribution is -0.204. The molecule has 3 aromatic carbocycles. The Hall–Kier alpha value is -4.46. The van der Waals surface area contributed by atoms with Gasteiger partial charge in [0.15, 0.2) is 17.6 Å². The largest absolute Gasteiger partial charge is 0.468 e. The van der Waals surface area contributed by atoms with Crippen LogP contribution >= 0.6 is 0 Å². The molecule has 0 aliphatic carbocycles. The number of benzene rings is 3. The van der Waals surface area contributed by atoms with Crippen LogP contribution in [0.15, 0.2) is 91.0 Å². The lowest BCUT2D eigenvalue weighted by Gasteiger charge is -2.56. The highest BCUT2D eigenvalue weighted by atomic mass is 16.6. The average molecular weight is 502 g/mol. The maximum Gasteiger partial charge on any atom is 0.333 e. The highest BCUT2D eigenvalue weighted by Crippen LogP contribution is 2.51. The summed E-state index contributed by atoms with van der Waals surface area (Å²) in [7, 11) is 2.41. The van der Waals surface area contributed by atoms with Gasteiger partial charge in [-0.1, -0.05) is 91.0 Å². The second-order valence-corrected chi connectivity index (χ2v) is 8.59. The number of likely N-dealkylation sites (tertiary alicyclic amines) is 1. The normalized spacial score (nSPS) is 17.8. The summed E-state index contributed by atoms with van der Waals surface area (Å²) in [5.41, 5.74) is -0.134. The molecule has 8 heteroatoms. The first-order chi connectivity index (χ1) is 17.9. The molecular formula is C29H27NO7. The topological polar surface area (TPSA) is 99.2 Å². The van der Waals surface area contributed by atoms with Gasteiger partial charge in [-0.15, -0.1) is 0 Å². The fourth-order valence-electron chi connectivity index (χ4n) is 5.03. The van der Waals surface area contributed by atoms with E-state index in [0.29, 0.717) is 16.7 Å². The molecule has 0 radical (unpaired) electrons. The van der Waals surface area contributed by atoms with E-state index in [2.05, 4.69) is 0 Å². The quantitative estimate of drug-likeness (QED) is 0.202. The maximum atomic E-state index is 13.7. The third kappa shape index (κ3) is 4.46. The Kier molecular flexibility index (Phi) is 7.38. The molecule has 4 rings (SSSR count). The van der Waals surface area contributed by atoms with Gasteiger partial charge in [-0.05, 0) is 5.56 Å². The monoisotopic (exact) mass is 501 g/mol. The summed E-state index contributed by atoms with van der Waals surface area (Å²) < 4.78 is 16.2. The average Bonchev–Trinajstić information content (AvgIpc) is 2.93. The van der Waals surface area contributed by atoms with Crippen LogP contribution < -0.4 is 0 Å². The summed E-state index contributed by atoms with van der Waals surface area (Å²) >= 11 is 0. The molecule has 1 aliphatic rings. The molecule has 0 N–H and O–H groups in total. The number of amides is 1. The molecule has 1 saturated heterocycles. The van der Waals surface area contributed by atoms with Gasteiger partial charge >= 0.3 is 17.9 Å². The molecule has 0 aromatic heterocycles. The number of hydrogen-bond donors (Lipinski definition) is 0. The van der Waals surface area contributed by atoms with Gasteiger partial charge in [0.05, 0.1) is 14.2 Å². The Morgan fingerprint density at radius 3 is 1.70 bits per heavy atom. The van der Waals surface area contributed by atoms with Crippen LogP contribution in [-0.2, 0) is 39.0 Å². The highest BCUT2D eigenvalue weighted by Gasteiger charge is 2.67. The minimum absolute atomic E-state index is 0.480. The number of nitrogens with zero attached hydrogens (tertiary/aromatic N) is 1. The van der Waals surface area contributed by atoms with E-state index in [9.17, 15) is 19.2 Å². The summed E-state index contributed by atoms with van der Waals surface area (Å²) in [6.45, 7) is 1.26. The number of carbonyl (C=O) groups excluding carboxylic acids is 4. The van der Waals surface area contributed by atoms with Crippen molar-refractivity contribution in [3.05, 3.63) is 108 Å². The van der Waals surface area contributed by atoms with Crippen molar-refractivity contribution in [2.75, 3.05) is 14.2 Å². The molecule has 37 heavy (non-hydrogen) atoms. The van der Waals surface area contributed by atoms with E-state index in [1.807, 2.05) is 0 Å². The van der Waals surface area contributed by atoms with E-state index >= 15 is 0 Å². The Balaban J connectivity index is 2.04. The third-order valence-electron chi connectivity index (χ3n) is 6.54. The van der Waals surface area contributed by atoms with Crippen molar-refractivity contribution in [1.29, 1.82) is 0 Å². The van der Waals surface area contributed by atoms with Gasteiger partial charge in [-0.2, -0.15) is 0 Å². The Bertz CT molecular complexity index is 1240. The molecule has 1 aliphatic heterocycles. The fraction of sp³-hybridized carbons (Fsp3) is 0.241. The van der Waals surface area contributed by atoms with Crippen molar-refractivity contribution in [3.8, 4) is 0 Å². The van der Waals surface area contributed by atoms with E-state index in [4.69, 9.17) is 14.2 Å². The first-order valence-corrected chi connectivity index (χ1v) is 11.7. The van der Waals surface area contributed by atoms with Crippen molar-refractivity contribution in [2.24, 2.45) is 5.92 Å². The smallest absolute Gasteiger partial charge is 0.333 e. The van der Waals surface area contributed by atoms with E-state index in [-0.39, 0.29) is 0 Å². The zero-order valence-electron chi connectivity index (χ0n) is 20.7. The first kappa shape index (κ1) is 25.6. The van der Waals surface area contributed by atoms with Gasteiger partial charge in [-0.3, -0.25) is 14.4 Å². The van der Waals surface area contributed by atoms with Gasteiger partial charge in [-0.25, -0.2) is 4.79 Å². The van der Waals surface area contributed by atoms with Gasteiger partial charge in [0.2, 0.25) is 5.91 Å². The first-order valence-electron chi connectivity index (χ1n) is 11.7. The van der Waals surface area contributed by atoms with Gasteiger partial charge in [0.1, 0.15) is 6.04 Å². The second kappa shape index (κ2) is 10.7. The molecule has 1 fully saturated rings. The standard InChI is InChI=1S/C29H27NO7/c1-19(31)37-29(21-15-9-5-10-16-21,22-17-11-6-12-18-22)25-23(27(33)35-2)26(32)30(25)24(28(34)36-3)20-13-7-4-8-14-20/h4-18,23-25H,1-3H3/t23-,24-,25+/m0/s1. The van der Waals surface area contributed by atoms with Crippen LogP contribution in [0.1, 0.15) is 29.7 Å². The van der Waals surface area contributed by atoms with Crippen LogP contribution in [0.4, 0.5) is 0 Å². The van der Waals surface area contributed by atoms with Gasteiger partial charge in [0, 0.05) is 18.1 Å². The van der Waals surface area contributed by atoms with Crippen LogP contribution in [0.5, 0.6) is 0 Å². The van der Waals surface area contributed by atoms with E-state index in [1.54, 1.807) is 91.0 Å². The lowest BCUT2D eigenvalue weighted by Crippen LogP contribution is -2.73. The number of esters is 3. The minimum atomic E-state index is -1.65. The summed E-state index contributed by atoms with van der Waals surface area (Å²) in [5, 5.41) is 0. The number of carbonyl (C=O) groups is 4. The van der Waals surface area contributed by atoms with Crippen LogP contribution in [-0.4, -0.2) is 49.0 Å². The SMILES string of the molecule is COC(=O)[C@@H]1C(=O)N([C@H](C(=O)OC)c2ccccc2)[C@H]1C(OC(C)=O)(c1ccccc1)c1ccccc1. The number of methoxy groups -OCH3 is 2. The fourth-order valence-corrected chi connectivity index (χ4v) is 5.03. The van der Waals surface area contributed by atoms with Crippen molar-refractivity contribution in [2.45, 2.75) is 24.6 Å². The Morgan fingerprint density at radius 1 is 0.784 bits per heavy atom. The zero-order chi connectivity index (χ0) is 26.6. The van der Waals surface area contributed by atoms with Crippen molar-refractivity contribution in [3.63, 3.8) is 0 Å². The highest BCUT2D eigenvalue weighted by molar-refractivity contribution is 6.06. The Morgan fingerprint density at radius 2 is 1.27 bits per heavy atom. The molecule has 3 atom stereocenters. The molecule has 1 heterocycles. The van der Waals surface area contributed by atoms with Crippen molar-refractivity contribution in [1.82, 2.24) is 4.90 Å². The van der Waals surface area contributed by atoms with E-state index in [1.165, 1.54) is 26.0 Å². The minimum Gasteiger partial charge on any atom is -0.468 e. The summed E-state index contributed by atoms with van der Waals surface area (Å²) in [6, 6.07) is 24.0. The summed E-state index contributed by atoms with van der Waals surface area (Å²) in [4.78, 5) is 53.8. The predicted molar refractivity (Wildman–Crippen MR) is 133 cm³/mol. The molecule has 8 nitrogen and oxygen atoms in total. The number of rotatable bonds is 8. The maximum absolute atomic E-state index is 13.7. The van der Waals surface area contributed by atoms with E-state index < -0.39 is 47.4 Å². The van der Waals surface area contributed by atoms with E-state index in [0.717, 1.165) is 0 Å². The lowest BCUT2D eigenvalue weighted by atomic mass is 9.68. The number of β-lactam (4-membered cyclic amide) rings is 1. The van der Waals surface area contributed by atoms with Gasteiger partial charge in [0.25, 0.3) is 0 Å². The summed E-state index contributed by atoms with van der Waals surface area (Å²) in [5.74, 6) is -4.12. The molecular weight excluding hydrogens is 474 g/mol. The zero-order valence-corrected chi connectivity index (χ0v) is 20.7.